The highest BCUT2D eigenvalue weighted by Crippen LogP contribution is 2.19. The molecule has 88 valence electrons. The van der Waals surface area contributed by atoms with E-state index in [0.717, 1.165) is 12.0 Å². The lowest BCUT2D eigenvalue weighted by molar-refractivity contribution is 0.591. The number of likely N-dealkylation sites (N-methyl/N-ethyl adjacent to an activating group) is 1. The molecule has 4 heteroatoms. The first kappa shape index (κ1) is 11.5. The number of anilines is 1. The number of nitrogens with two attached hydrogens (primary N) is 1. The smallest absolute Gasteiger partial charge is 0.126 e. The van der Waals surface area contributed by atoms with Gasteiger partial charge in [0.2, 0.25) is 0 Å². The number of aromatic nitrogens is 2. The van der Waals surface area contributed by atoms with Gasteiger partial charge in [-0.15, -0.1) is 0 Å². The third-order valence-corrected chi connectivity index (χ3v) is 2.81. The zero-order chi connectivity index (χ0) is 12.1. The van der Waals surface area contributed by atoms with E-state index in [1.165, 1.54) is 5.56 Å². The first-order valence-electron chi connectivity index (χ1n) is 5.58. The fraction of sp³-hybridized carbons (Fsp3) is 0.231. The third-order valence-electron chi connectivity index (χ3n) is 2.81. The largest absolute Gasteiger partial charge is 0.383 e. The van der Waals surface area contributed by atoms with Crippen molar-refractivity contribution in [1.82, 2.24) is 15.3 Å². The highest BCUT2D eigenvalue weighted by atomic mass is 14.9. The summed E-state index contributed by atoms with van der Waals surface area (Å²) in [5, 5.41) is 3.28. The lowest BCUT2D eigenvalue weighted by atomic mass is 10.0. The van der Waals surface area contributed by atoms with Crippen molar-refractivity contribution in [3.8, 4) is 0 Å². The summed E-state index contributed by atoms with van der Waals surface area (Å²) in [6.07, 6.45) is 6.12. The Balaban J connectivity index is 2.19. The Morgan fingerprint density at radius 3 is 2.65 bits per heavy atom. The van der Waals surface area contributed by atoms with Crippen LogP contribution in [0.25, 0.3) is 0 Å². The molecule has 0 aliphatic rings. The lowest BCUT2D eigenvalue weighted by Crippen LogP contribution is -2.19. The minimum absolute atomic E-state index is 0.226. The Morgan fingerprint density at radius 1 is 1.24 bits per heavy atom. The van der Waals surface area contributed by atoms with Gasteiger partial charge in [0.05, 0.1) is 0 Å². The highest BCUT2D eigenvalue weighted by molar-refractivity contribution is 5.39. The molecule has 0 radical (unpaired) electrons. The number of nitrogens with zero attached hydrogens (tertiary/aromatic N) is 2. The Morgan fingerprint density at radius 2 is 2.00 bits per heavy atom. The SMILES string of the molecule is CNC(Cc1cccnc1N)c1ccncc1. The summed E-state index contributed by atoms with van der Waals surface area (Å²) in [5.41, 5.74) is 8.11. The van der Waals surface area contributed by atoms with E-state index in [2.05, 4.69) is 15.3 Å². The second-order valence-electron chi connectivity index (χ2n) is 3.87. The molecule has 2 aromatic rings. The predicted octanol–water partition coefficient (Wildman–Crippen LogP) is 1.56. The molecular weight excluding hydrogens is 212 g/mol. The Labute approximate surface area is 101 Å². The molecule has 1 unspecified atom stereocenters. The molecule has 4 nitrogen and oxygen atoms in total. The van der Waals surface area contributed by atoms with Crippen molar-refractivity contribution < 1.29 is 0 Å². The van der Waals surface area contributed by atoms with E-state index in [4.69, 9.17) is 5.73 Å². The summed E-state index contributed by atoms with van der Waals surface area (Å²) < 4.78 is 0. The number of nitrogens with one attached hydrogen (secondary N) is 1. The van der Waals surface area contributed by atoms with Crippen molar-refractivity contribution in [3.63, 3.8) is 0 Å². The molecule has 2 rings (SSSR count). The molecule has 17 heavy (non-hydrogen) atoms. The Bertz CT molecular complexity index is 470. The average molecular weight is 228 g/mol. The fourth-order valence-electron chi connectivity index (χ4n) is 1.83. The van der Waals surface area contributed by atoms with Gasteiger partial charge in [0.25, 0.3) is 0 Å². The van der Waals surface area contributed by atoms with Gasteiger partial charge >= 0.3 is 0 Å². The summed E-state index contributed by atoms with van der Waals surface area (Å²) in [7, 11) is 1.94. The minimum atomic E-state index is 0.226. The zero-order valence-corrected chi connectivity index (χ0v) is 9.80. The van der Waals surface area contributed by atoms with Gasteiger partial charge in [-0.3, -0.25) is 4.98 Å². The lowest BCUT2D eigenvalue weighted by Gasteiger charge is -2.17. The van der Waals surface area contributed by atoms with Gasteiger partial charge in [-0.05, 0) is 42.8 Å². The molecule has 0 aliphatic carbocycles. The first-order chi connectivity index (χ1) is 8.31. The van der Waals surface area contributed by atoms with Crippen LogP contribution < -0.4 is 11.1 Å². The van der Waals surface area contributed by atoms with Crippen LogP contribution in [0.2, 0.25) is 0 Å². The van der Waals surface area contributed by atoms with Crippen LogP contribution in [0.4, 0.5) is 5.82 Å². The maximum atomic E-state index is 5.85. The second kappa shape index (κ2) is 5.41. The molecule has 0 fully saturated rings. The van der Waals surface area contributed by atoms with Gasteiger partial charge in [0.1, 0.15) is 5.82 Å². The van der Waals surface area contributed by atoms with Crippen LogP contribution in [0.5, 0.6) is 0 Å². The van der Waals surface area contributed by atoms with E-state index in [9.17, 15) is 0 Å². The summed E-state index contributed by atoms with van der Waals surface area (Å²) >= 11 is 0. The zero-order valence-electron chi connectivity index (χ0n) is 9.80. The van der Waals surface area contributed by atoms with Crippen molar-refractivity contribution in [2.75, 3.05) is 12.8 Å². The van der Waals surface area contributed by atoms with Gasteiger partial charge in [-0.2, -0.15) is 0 Å². The normalized spacial score (nSPS) is 12.3. The maximum Gasteiger partial charge on any atom is 0.126 e. The topological polar surface area (TPSA) is 63.8 Å². The second-order valence-corrected chi connectivity index (χ2v) is 3.87. The molecule has 0 spiro atoms. The van der Waals surface area contributed by atoms with Gasteiger partial charge in [0, 0.05) is 24.6 Å². The first-order valence-corrected chi connectivity index (χ1v) is 5.58. The van der Waals surface area contributed by atoms with Crippen molar-refractivity contribution in [2.45, 2.75) is 12.5 Å². The number of hydrogen-bond acceptors (Lipinski definition) is 4. The van der Waals surface area contributed by atoms with E-state index in [1.807, 2.05) is 31.3 Å². The molecule has 0 bridgehead atoms. The summed E-state index contributed by atoms with van der Waals surface area (Å²) in [5.74, 6) is 0.599. The molecule has 0 aliphatic heterocycles. The van der Waals surface area contributed by atoms with Gasteiger partial charge in [0.15, 0.2) is 0 Å². The summed E-state index contributed by atoms with van der Waals surface area (Å²) in [6, 6.07) is 8.16. The predicted molar refractivity (Wildman–Crippen MR) is 68.4 cm³/mol. The van der Waals surface area contributed by atoms with Crippen LogP contribution >= 0.6 is 0 Å². The van der Waals surface area contributed by atoms with Crippen molar-refractivity contribution >= 4 is 5.82 Å². The van der Waals surface area contributed by atoms with Crippen LogP contribution in [0.1, 0.15) is 17.2 Å². The fourth-order valence-corrected chi connectivity index (χ4v) is 1.83. The minimum Gasteiger partial charge on any atom is -0.383 e. The van der Waals surface area contributed by atoms with Crippen LogP contribution in [0, 0.1) is 0 Å². The number of pyridine rings is 2. The monoisotopic (exact) mass is 228 g/mol. The van der Waals surface area contributed by atoms with Gasteiger partial charge in [-0.1, -0.05) is 6.07 Å². The van der Waals surface area contributed by atoms with Gasteiger partial charge < -0.3 is 11.1 Å². The molecular formula is C13H16N4. The molecule has 2 heterocycles. The van der Waals surface area contributed by atoms with Crippen LogP contribution in [0.3, 0.4) is 0 Å². The third kappa shape index (κ3) is 2.79. The number of nitrogen functional groups attached to an aromatic ring is 1. The molecule has 0 amide bonds. The van der Waals surface area contributed by atoms with E-state index in [0.29, 0.717) is 5.82 Å². The molecule has 3 N–H and O–H groups in total. The molecule has 1 atom stereocenters. The maximum absolute atomic E-state index is 5.85. The van der Waals surface area contributed by atoms with E-state index in [-0.39, 0.29) is 6.04 Å². The molecule has 0 aromatic carbocycles. The van der Waals surface area contributed by atoms with Gasteiger partial charge in [-0.25, -0.2) is 4.98 Å². The van der Waals surface area contributed by atoms with Crippen molar-refractivity contribution in [1.29, 1.82) is 0 Å². The Hall–Kier alpha value is -1.94. The number of hydrogen-bond donors (Lipinski definition) is 2. The quantitative estimate of drug-likeness (QED) is 0.833. The van der Waals surface area contributed by atoms with Crippen molar-refractivity contribution in [2.24, 2.45) is 0 Å². The highest BCUT2D eigenvalue weighted by Gasteiger charge is 2.11. The summed E-state index contributed by atoms with van der Waals surface area (Å²) in [6.45, 7) is 0. The van der Waals surface area contributed by atoms with Crippen LogP contribution in [0.15, 0.2) is 42.9 Å². The Kier molecular flexibility index (Phi) is 3.67. The van der Waals surface area contributed by atoms with E-state index < -0.39 is 0 Å². The molecule has 2 aromatic heterocycles. The number of rotatable bonds is 4. The van der Waals surface area contributed by atoms with Crippen molar-refractivity contribution in [3.05, 3.63) is 54.0 Å². The molecule has 0 saturated heterocycles. The molecule has 0 saturated carbocycles. The van der Waals surface area contributed by atoms with Crippen LogP contribution in [-0.2, 0) is 6.42 Å². The van der Waals surface area contributed by atoms with E-state index >= 15 is 0 Å². The standard InChI is InChI=1S/C13H16N4/c1-15-12(10-4-7-16-8-5-10)9-11-3-2-6-17-13(11)14/h2-8,12,15H,9H2,1H3,(H2,14,17). The average Bonchev–Trinajstić information content (AvgIpc) is 2.39. The summed E-state index contributed by atoms with van der Waals surface area (Å²) in [4.78, 5) is 8.12. The van der Waals surface area contributed by atoms with Crippen LogP contribution in [-0.4, -0.2) is 17.0 Å². The van der Waals surface area contributed by atoms with E-state index in [1.54, 1.807) is 18.6 Å².